The van der Waals surface area contributed by atoms with Crippen LogP contribution in [0.1, 0.15) is 34.6 Å². The van der Waals surface area contributed by atoms with Crippen molar-refractivity contribution < 1.29 is 13.2 Å². The number of rotatable bonds is 7. The van der Waals surface area contributed by atoms with Crippen molar-refractivity contribution in [1.82, 2.24) is 0 Å². The minimum absolute atomic E-state index is 0.106. The molecule has 0 heterocycles. The van der Waals surface area contributed by atoms with E-state index in [1.807, 2.05) is 45.0 Å². The van der Waals surface area contributed by atoms with E-state index in [0.717, 1.165) is 24.2 Å². The molecule has 0 saturated heterocycles. The Morgan fingerprint density at radius 3 is 2.00 bits per heavy atom. The number of nitrogens with one attached hydrogen (secondary N) is 2. The molecule has 3 rings (SSSR count). The van der Waals surface area contributed by atoms with Crippen LogP contribution in [0.25, 0.3) is 10.8 Å². The van der Waals surface area contributed by atoms with Crippen LogP contribution in [0.2, 0.25) is 0 Å². The van der Waals surface area contributed by atoms with Gasteiger partial charge in [-0.15, -0.1) is 0 Å². The van der Waals surface area contributed by atoms with Gasteiger partial charge in [-0.3, -0.25) is 9.52 Å². The summed E-state index contributed by atoms with van der Waals surface area (Å²) in [5, 5.41) is 4.42. The fraction of sp³-hybridized carbons (Fsp3) is 0.320. The molecule has 0 bridgehead atoms. The number of nitrogens with zero attached hydrogens (tertiary/aromatic N) is 1. The van der Waals surface area contributed by atoms with Gasteiger partial charge < -0.3 is 10.2 Å². The monoisotopic (exact) mass is 453 g/mol. The third kappa shape index (κ3) is 5.05. The number of carbonyl (C=O) groups is 1. The highest BCUT2D eigenvalue weighted by molar-refractivity contribution is 7.93. The number of fused-ring (bicyclic) bond motifs is 1. The Hall–Kier alpha value is -3.06. The van der Waals surface area contributed by atoms with Gasteiger partial charge in [0.15, 0.2) is 0 Å². The molecule has 170 valence electrons. The second kappa shape index (κ2) is 9.20. The summed E-state index contributed by atoms with van der Waals surface area (Å²) in [6.07, 6.45) is 0. The minimum atomic E-state index is -3.81. The maximum absolute atomic E-state index is 13.2. The van der Waals surface area contributed by atoms with Gasteiger partial charge in [0, 0.05) is 46.3 Å². The Bertz CT molecular complexity index is 1210. The van der Waals surface area contributed by atoms with Crippen molar-refractivity contribution in [3.63, 3.8) is 0 Å². The number of carbonyl (C=O) groups excluding carboxylic acids is 1. The van der Waals surface area contributed by atoms with Crippen LogP contribution in [0, 0.1) is 5.41 Å². The smallest absolute Gasteiger partial charge is 0.262 e. The van der Waals surface area contributed by atoms with Gasteiger partial charge in [-0.05, 0) is 50.2 Å². The van der Waals surface area contributed by atoms with E-state index in [0.29, 0.717) is 16.8 Å². The fourth-order valence-corrected chi connectivity index (χ4v) is 4.77. The highest BCUT2D eigenvalue weighted by atomic mass is 32.2. The first-order valence-corrected chi connectivity index (χ1v) is 12.3. The molecular formula is C25H31N3O3S. The Kier molecular flexibility index (Phi) is 6.79. The molecule has 0 aliphatic heterocycles. The van der Waals surface area contributed by atoms with Crippen LogP contribution in [-0.2, 0) is 14.8 Å². The average molecular weight is 454 g/mol. The summed E-state index contributed by atoms with van der Waals surface area (Å²) in [4.78, 5) is 14.6. The number of hydrogen-bond donors (Lipinski definition) is 2. The van der Waals surface area contributed by atoms with E-state index in [9.17, 15) is 13.2 Å². The third-order valence-electron chi connectivity index (χ3n) is 5.33. The van der Waals surface area contributed by atoms with Crippen molar-refractivity contribution >= 4 is 43.8 Å². The molecule has 6 nitrogen and oxygen atoms in total. The lowest BCUT2D eigenvalue weighted by Gasteiger charge is -2.23. The molecule has 3 aromatic carbocycles. The molecule has 0 aliphatic carbocycles. The van der Waals surface area contributed by atoms with Gasteiger partial charge in [-0.2, -0.15) is 0 Å². The second-order valence-electron chi connectivity index (χ2n) is 8.69. The third-order valence-corrected chi connectivity index (χ3v) is 6.77. The van der Waals surface area contributed by atoms with Gasteiger partial charge in [0.25, 0.3) is 10.0 Å². The molecule has 0 atom stereocenters. The molecule has 3 aromatic rings. The highest BCUT2D eigenvalue weighted by Gasteiger charge is 2.22. The summed E-state index contributed by atoms with van der Waals surface area (Å²) in [6.45, 7) is 11.3. The normalized spacial score (nSPS) is 11.9. The summed E-state index contributed by atoms with van der Waals surface area (Å²) in [5.74, 6) is -0.106. The predicted molar refractivity (Wildman–Crippen MR) is 133 cm³/mol. The fourth-order valence-electron chi connectivity index (χ4n) is 3.49. The number of sulfonamides is 1. The van der Waals surface area contributed by atoms with Crippen molar-refractivity contribution in [2.45, 2.75) is 39.5 Å². The summed E-state index contributed by atoms with van der Waals surface area (Å²) in [7, 11) is -3.81. The minimum Gasteiger partial charge on any atom is -0.372 e. The van der Waals surface area contributed by atoms with Crippen LogP contribution < -0.4 is 14.9 Å². The zero-order chi connectivity index (χ0) is 23.5. The lowest BCUT2D eigenvalue weighted by atomic mass is 9.95. The summed E-state index contributed by atoms with van der Waals surface area (Å²) >= 11 is 0. The van der Waals surface area contributed by atoms with E-state index in [1.165, 1.54) is 0 Å². The quantitative estimate of drug-likeness (QED) is 0.497. The largest absolute Gasteiger partial charge is 0.372 e. The highest BCUT2D eigenvalue weighted by Crippen LogP contribution is 2.32. The summed E-state index contributed by atoms with van der Waals surface area (Å²) < 4.78 is 29.1. The van der Waals surface area contributed by atoms with Gasteiger partial charge in [0.1, 0.15) is 0 Å². The second-order valence-corrected chi connectivity index (χ2v) is 10.3. The van der Waals surface area contributed by atoms with Crippen LogP contribution in [-0.4, -0.2) is 27.4 Å². The van der Waals surface area contributed by atoms with Crippen molar-refractivity contribution in [3.8, 4) is 0 Å². The first kappa shape index (κ1) is 23.6. The zero-order valence-electron chi connectivity index (χ0n) is 19.3. The number of benzene rings is 3. The van der Waals surface area contributed by atoms with Crippen molar-refractivity contribution in [2.24, 2.45) is 5.41 Å². The van der Waals surface area contributed by atoms with Gasteiger partial charge in [0.2, 0.25) is 5.91 Å². The first-order valence-electron chi connectivity index (χ1n) is 10.8. The van der Waals surface area contributed by atoms with E-state index in [4.69, 9.17) is 0 Å². The van der Waals surface area contributed by atoms with E-state index < -0.39 is 15.4 Å². The Labute approximate surface area is 190 Å². The van der Waals surface area contributed by atoms with E-state index >= 15 is 0 Å². The molecule has 0 unspecified atom stereocenters. The van der Waals surface area contributed by atoms with Gasteiger partial charge in [-0.25, -0.2) is 8.42 Å². The van der Waals surface area contributed by atoms with Gasteiger partial charge >= 0.3 is 0 Å². The molecule has 7 heteroatoms. The lowest BCUT2D eigenvalue weighted by Crippen LogP contribution is -2.27. The topological polar surface area (TPSA) is 78.5 Å². The van der Waals surface area contributed by atoms with Crippen LogP contribution in [0.4, 0.5) is 17.1 Å². The standard InChI is InChI=1S/C25H31N3O3S/c1-6-28(7-2)22-12-8-11-21-20(22)10-9-13-23(21)32(30,31)27-19-16-14-18(15-17-19)26-24(29)25(3,4)5/h8-17,27H,6-7H2,1-5H3,(H,26,29). The van der Waals surface area contributed by atoms with E-state index in [2.05, 4.69) is 28.8 Å². The van der Waals surface area contributed by atoms with Crippen LogP contribution in [0.5, 0.6) is 0 Å². The Morgan fingerprint density at radius 2 is 1.41 bits per heavy atom. The molecule has 32 heavy (non-hydrogen) atoms. The molecule has 0 aromatic heterocycles. The maximum Gasteiger partial charge on any atom is 0.262 e. The molecule has 0 saturated carbocycles. The molecule has 1 amide bonds. The van der Waals surface area contributed by atoms with E-state index in [-0.39, 0.29) is 10.8 Å². The van der Waals surface area contributed by atoms with Gasteiger partial charge in [-0.1, -0.05) is 45.0 Å². The van der Waals surface area contributed by atoms with Crippen LogP contribution in [0.3, 0.4) is 0 Å². The first-order chi connectivity index (χ1) is 15.1. The molecule has 0 fully saturated rings. The molecule has 0 spiro atoms. The van der Waals surface area contributed by atoms with E-state index in [1.54, 1.807) is 36.4 Å². The number of anilines is 3. The van der Waals surface area contributed by atoms with Crippen molar-refractivity contribution in [3.05, 3.63) is 60.7 Å². The van der Waals surface area contributed by atoms with Crippen molar-refractivity contribution in [2.75, 3.05) is 28.0 Å². The average Bonchev–Trinajstić information content (AvgIpc) is 2.75. The molecular weight excluding hydrogens is 422 g/mol. The zero-order valence-corrected chi connectivity index (χ0v) is 20.1. The van der Waals surface area contributed by atoms with Crippen LogP contribution in [0.15, 0.2) is 65.6 Å². The Balaban J connectivity index is 1.90. The van der Waals surface area contributed by atoms with Crippen LogP contribution >= 0.6 is 0 Å². The SMILES string of the molecule is CCN(CC)c1cccc2c(S(=O)(=O)Nc3ccc(NC(=O)C(C)(C)C)cc3)cccc12. The predicted octanol–water partition coefficient (Wildman–Crippen LogP) is 5.47. The lowest BCUT2D eigenvalue weighted by molar-refractivity contribution is -0.123. The van der Waals surface area contributed by atoms with Gasteiger partial charge in [0.05, 0.1) is 4.90 Å². The molecule has 0 radical (unpaired) electrons. The summed E-state index contributed by atoms with van der Waals surface area (Å²) in [6, 6.07) is 17.7. The summed E-state index contributed by atoms with van der Waals surface area (Å²) in [5.41, 5.74) is 1.54. The Morgan fingerprint density at radius 1 is 0.844 bits per heavy atom. The molecule has 2 N–H and O–H groups in total. The number of hydrogen-bond acceptors (Lipinski definition) is 4. The maximum atomic E-state index is 13.2. The number of amides is 1. The molecule has 0 aliphatic rings. The van der Waals surface area contributed by atoms with Crippen molar-refractivity contribution in [1.29, 1.82) is 0 Å².